The maximum absolute atomic E-state index is 14.0. The van der Waals surface area contributed by atoms with Crippen molar-refractivity contribution in [3.63, 3.8) is 0 Å². The second kappa shape index (κ2) is 21.5. The number of nitrogens with one attached hydrogen (secondary N) is 2. The van der Waals surface area contributed by atoms with E-state index < -0.39 is 70.1 Å². The predicted octanol–water partition coefficient (Wildman–Crippen LogP) is 7.80. The number of unbranched alkanes of at least 4 members (excludes halogenated alkanes) is 1. The van der Waals surface area contributed by atoms with Gasteiger partial charge in [-0.15, -0.1) is 0 Å². The number of carbonyl (C=O) groups is 4. The van der Waals surface area contributed by atoms with Gasteiger partial charge in [0.2, 0.25) is 17.7 Å². The minimum absolute atomic E-state index is 0.00131. The van der Waals surface area contributed by atoms with Crippen LogP contribution < -0.4 is 25.2 Å². The number of benzene rings is 4. The van der Waals surface area contributed by atoms with E-state index >= 15 is 0 Å². The summed E-state index contributed by atoms with van der Waals surface area (Å²) in [5.74, 6) is -0.633. The Balaban J connectivity index is 0.841. The van der Waals surface area contributed by atoms with Gasteiger partial charge in [0.25, 0.3) is 5.91 Å². The zero-order valence-electron chi connectivity index (χ0n) is 39.8. The number of likely N-dealkylation sites (tertiary alicyclic amines) is 1. The summed E-state index contributed by atoms with van der Waals surface area (Å²) in [5, 5.41) is 25.4. The van der Waals surface area contributed by atoms with E-state index in [9.17, 15) is 42.7 Å². The molecule has 2 aliphatic heterocycles. The molecule has 2 aliphatic rings. The number of β-amino-alcohol motifs (C(OH)–C–C–N with tert-alkyl or cyclic N) is 1. The number of hydrogen-bond donors (Lipinski definition) is 3. The smallest absolute Gasteiger partial charge is 0.417 e. The van der Waals surface area contributed by atoms with Crippen LogP contribution in [0, 0.1) is 16.7 Å². The molecule has 3 N–H and O–H groups in total. The van der Waals surface area contributed by atoms with Crippen LogP contribution in [0.4, 0.5) is 24.5 Å². The quantitative estimate of drug-likeness (QED) is 0.0607. The number of aromatic nitrogens is 1. The molecule has 3 heterocycles. The molecule has 4 amide bonds. The number of carbonyl (C=O) groups excluding carboxylic acids is 4. The summed E-state index contributed by atoms with van der Waals surface area (Å²) in [6, 6.07) is 24.8. The van der Waals surface area contributed by atoms with E-state index in [2.05, 4.69) is 15.6 Å². The number of aliphatic hydroxyl groups is 1. The van der Waals surface area contributed by atoms with Crippen LogP contribution in [0.15, 0.2) is 108 Å². The lowest BCUT2D eigenvalue weighted by Crippen LogP contribution is -2.58. The van der Waals surface area contributed by atoms with Gasteiger partial charge in [0, 0.05) is 37.4 Å². The van der Waals surface area contributed by atoms with Crippen molar-refractivity contribution in [2.45, 2.75) is 90.3 Å². The number of anilines is 2. The summed E-state index contributed by atoms with van der Waals surface area (Å²) in [6.07, 6.45) is -1.46. The van der Waals surface area contributed by atoms with Crippen molar-refractivity contribution < 1.29 is 51.3 Å². The molecule has 71 heavy (non-hydrogen) atoms. The molecule has 5 aromatic rings. The van der Waals surface area contributed by atoms with E-state index in [1.165, 1.54) is 17.4 Å². The normalized spacial score (nSPS) is 17.3. The molecule has 372 valence electrons. The van der Waals surface area contributed by atoms with Crippen molar-refractivity contribution in [2.75, 3.05) is 36.2 Å². The van der Waals surface area contributed by atoms with Crippen LogP contribution in [0.25, 0.3) is 22.5 Å². The van der Waals surface area contributed by atoms with Gasteiger partial charge in [-0.25, -0.2) is 4.98 Å². The van der Waals surface area contributed by atoms with E-state index in [1.54, 1.807) is 43.1 Å². The third-order valence-electron chi connectivity index (χ3n) is 12.3. The monoisotopic (exact) mass is 993 g/mol. The fourth-order valence-electron chi connectivity index (χ4n) is 8.44. The standard InChI is InChI=1S/C52H54F3N7O8S/c1-50(2,3)45(47(66)60-29-39(63)25-42(60)46(65)58-27-32-8-10-35(11-9-32)43-28-57-31-70-43)59-44(64)30-68-22-6-7-23-69-40-20-15-34(16-21-40)33-12-17-37(18-13-33)62-49(71)61(48(67)51(62,4)5)38-19-14-36(26-56)41(24-38)52(53,54)55/h8-21,24,28,31,39,42,45,63H,6-7,22-23,25,27,29-30H2,1-5H3,(H,58,65)(H,59,64)/t39-,42+,45?/m1/s1. The molecule has 1 unspecified atom stereocenters. The van der Waals surface area contributed by atoms with Crippen LogP contribution in [-0.2, 0) is 36.6 Å². The first-order valence-electron chi connectivity index (χ1n) is 22.9. The molecule has 0 spiro atoms. The molecule has 0 aliphatic carbocycles. The first-order chi connectivity index (χ1) is 33.7. The van der Waals surface area contributed by atoms with E-state index in [0.717, 1.165) is 39.3 Å². The summed E-state index contributed by atoms with van der Waals surface area (Å²) in [4.78, 5) is 62.0. The Morgan fingerprint density at radius 2 is 1.58 bits per heavy atom. The summed E-state index contributed by atoms with van der Waals surface area (Å²) in [7, 11) is 0. The zero-order valence-corrected chi connectivity index (χ0v) is 40.6. The van der Waals surface area contributed by atoms with Gasteiger partial charge in [-0.2, -0.15) is 18.4 Å². The van der Waals surface area contributed by atoms with Gasteiger partial charge in [-0.3, -0.25) is 24.1 Å². The minimum Gasteiger partial charge on any atom is -0.494 e. The fraction of sp³-hybridized carbons (Fsp3) is 0.365. The highest BCUT2D eigenvalue weighted by atomic mass is 32.1. The molecular weight excluding hydrogens is 940 g/mol. The van der Waals surface area contributed by atoms with E-state index in [0.29, 0.717) is 36.6 Å². The van der Waals surface area contributed by atoms with Crippen molar-refractivity contribution in [2.24, 2.45) is 5.41 Å². The topological polar surface area (TPSA) is 191 Å². The largest absolute Gasteiger partial charge is 0.494 e. The molecule has 7 rings (SSSR count). The fourth-order valence-corrected chi connectivity index (χ4v) is 8.96. The number of aliphatic hydroxyl groups excluding tert-OH is 1. The Hall–Kier alpha value is -7.14. The maximum Gasteiger partial charge on any atom is 0.417 e. The van der Waals surface area contributed by atoms with Gasteiger partial charge in [-0.05, 0) is 103 Å². The van der Waals surface area contributed by atoms with Crippen molar-refractivity contribution in [1.29, 1.82) is 5.26 Å². The van der Waals surface area contributed by atoms with Gasteiger partial charge in [-0.1, -0.05) is 69.3 Å². The number of thiocarbonyl (C=S) groups is 1. The Bertz CT molecular complexity index is 2770. The van der Waals surface area contributed by atoms with Gasteiger partial charge < -0.3 is 39.4 Å². The molecule has 15 nitrogen and oxygen atoms in total. The Morgan fingerprint density at radius 1 is 0.944 bits per heavy atom. The number of alkyl halides is 3. The van der Waals surface area contributed by atoms with E-state index in [4.69, 9.17) is 26.1 Å². The van der Waals surface area contributed by atoms with Crippen LogP contribution in [0.5, 0.6) is 5.75 Å². The van der Waals surface area contributed by atoms with Gasteiger partial charge in [0.15, 0.2) is 17.3 Å². The Labute approximate surface area is 414 Å². The number of ether oxygens (including phenoxy) is 2. The summed E-state index contributed by atoms with van der Waals surface area (Å²) in [6.45, 7) is 9.23. The second-order valence-corrected chi connectivity index (χ2v) is 19.2. The third-order valence-corrected chi connectivity index (χ3v) is 12.6. The average Bonchev–Trinajstić information content (AvgIpc) is 4.06. The van der Waals surface area contributed by atoms with Crippen LogP contribution in [0.3, 0.4) is 0 Å². The highest BCUT2D eigenvalue weighted by molar-refractivity contribution is 7.81. The number of hydrogen-bond acceptors (Lipinski definition) is 11. The number of nitriles is 1. The van der Waals surface area contributed by atoms with E-state index in [1.807, 2.05) is 81.4 Å². The molecule has 1 aromatic heterocycles. The van der Waals surface area contributed by atoms with Crippen LogP contribution >= 0.6 is 12.2 Å². The second-order valence-electron chi connectivity index (χ2n) is 18.9. The van der Waals surface area contributed by atoms with Crippen LogP contribution in [-0.4, -0.2) is 93.8 Å². The first-order valence-corrected chi connectivity index (χ1v) is 23.3. The third kappa shape index (κ3) is 11.9. The lowest BCUT2D eigenvalue weighted by Gasteiger charge is -2.35. The summed E-state index contributed by atoms with van der Waals surface area (Å²) in [5.41, 5.74) is 0.207. The maximum atomic E-state index is 14.0. The lowest BCUT2D eigenvalue weighted by molar-refractivity contribution is -0.144. The van der Waals surface area contributed by atoms with Crippen molar-refractivity contribution in [1.82, 2.24) is 20.5 Å². The predicted molar refractivity (Wildman–Crippen MR) is 262 cm³/mol. The minimum atomic E-state index is -4.81. The molecule has 0 radical (unpaired) electrons. The number of nitrogens with zero attached hydrogens (tertiary/aromatic N) is 5. The number of amides is 4. The van der Waals surface area contributed by atoms with Gasteiger partial charge >= 0.3 is 6.18 Å². The molecule has 0 bridgehead atoms. The highest BCUT2D eigenvalue weighted by Gasteiger charge is 2.51. The van der Waals surface area contributed by atoms with Crippen molar-refractivity contribution in [3.05, 3.63) is 120 Å². The van der Waals surface area contributed by atoms with Crippen LogP contribution in [0.1, 0.15) is 70.6 Å². The molecular formula is C52H54F3N7O8S. The zero-order chi connectivity index (χ0) is 51.3. The molecule has 0 saturated carbocycles. The number of rotatable bonds is 17. The molecule has 2 saturated heterocycles. The van der Waals surface area contributed by atoms with Crippen molar-refractivity contribution >= 4 is 52.3 Å². The molecule has 19 heteroatoms. The van der Waals surface area contributed by atoms with Gasteiger partial charge in [0.1, 0.15) is 30.0 Å². The Morgan fingerprint density at radius 3 is 2.20 bits per heavy atom. The Kier molecular flexibility index (Phi) is 15.6. The summed E-state index contributed by atoms with van der Waals surface area (Å²) < 4.78 is 58.2. The average molecular weight is 994 g/mol. The number of halogens is 3. The van der Waals surface area contributed by atoms with Crippen LogP contribution in [0.2, 0.25) is 0 Å². The first kappa shape index (κ1) is 51.7. The molecule has 3 atom stereocenters. The number of oxazole rings is 1. The molecule has 2 fully saturated rings. The van der Waals surface area contributed by atoms with Crippen molar-refractivity contribution in [3.8, 4) is 34.3 Å². The summed E-state index contributed by atoms with van der Waals surface area (Å²) >= 11 is 5.67. The SMILES string of the molecule is CC(C)(C)C(NC(=O)COCCCCOc1ccc(-c2ccc(N3C(=S)N(c4ccc(C#N)c(C(F)(F)F)c4)C(=O)C3(C)C)cc2)cc1)C(=O)N1C[C@H](O)C[C@H]1C(=O)NCc1ccc(-c2cnco2)cc1. The molecule has 4 aromatic carbocycles. The highest BCUT2D eigenvalue weighted by Crippen LogP contribution is 2.40. The van der Waals surface area contributed by atoms with E-state index in [-0.39, 0.29) is 43.5 Å². The lowest BCUT2D eigenvalue weighted by atomic mass is 9.85. The van der Waals surface area contributed by atoms with Gasteiger partial charge in [0.05, 0.1) is 41.8 Å².